The van der Waals surface area contributed by atoms with Crippen molar-refractivity contribution in [1.29, 1.82) is 0 Å². The number of nitrogens with zero attached hydrogens (tertiary/aromatic N) is 2. The zero-order chi connectivity index (χ0) is 13.8. The second-order valence-corrected chi connectivity index (χ2v) is 5.15. The average molecular weight is 265 g/mol. The van der Waals surface area contributed by atoms with E-state index >= 15 is 0 Å². The van der Waals surface area contributed by atoms with Gasteiger partial charge in [0.2, 0.25) is 0 Å². The van der Waals surface area contributed by atoms with Gasteiger partial charge in [-0.15, -0.1) is 0 Å². The van der Waals surface area contributed by atoms with Gasteiger partial charge in [0.15, 0.2) is 0 Å². The van der Waals surface area contributed by atoms with E-state index in [2.05, 4.69) is 4.98 Å². The lowest BCUT2D eigenvalue weighted by Gasteiger charge is -2.27. The third-order valence-corrected chi connectivity index (χ3v) is 3.81. The van der Waals surface area contributed by atoms with Gasteiger partial charge in [0, 0.05) is 13.1 Å². The third kappa shape index (κ3) is 3.22. The fourth-order valence-corrected chi connectivity index (χ4v) is 2.62. The molecule has 2 N–H and O–H groups in total. The minimum Gasteiger partial charge on any atom is -0.383 e. The van der Waals surface area contributed by atoms with Crippen molar-refractivity contribution in [2.24, 2.45) is 0 Å². The number of hydrogen-bond acceptors (Lipinski definition) is 3. The number of anilines is 1. The van der Waals surface area contributed by atoms with Gasteiger partial charge >= 0.3 is 0 Å². The minimum absolute atomic E-state index is 0.0897. The van der Waals surface area contributed by atoms with Crippen LogP contribution in [0.2, 0.25) is 0 Å². The molecular weight excluding hydrogens is 245 g/mol. The van der Waals surface area contributed by atoms with Crippen LogP contribution in [0.1, 0.15) is 48.9 Å². The molecule has 0 saturated heterocycles. The summed E-state index contributed by atoms with van der Waals surface area (Å²) in [7, 11) is 1.77. The lowest BCUT2D eigenvalue weighted by molar-refractivity contribution is 0.0718. The maximum Gasteiger partial charge on any atom is 0.257 e. The number of aromatic nitrogens is 1. The summed E-state index contributed by atoms with van der Waals surface area (Å²) in [5, 5.41) is 0. The number of nitrogens with two attached hydrogens (primary N) is 1. The van der Waals surface area contributed by atoms with Gasteiger partial charge in [-0.1, -0.05) is 25.7 Å². The normalized spacial score (nSPS) is 16.9. The predicted octanol–water partition coefficient (Wildman–Crippen LogP) is 2.60. The summed E-state index contributed by atoms with van der Waals surface area (Å²) in [6.45, 7) is 0. The number of pyridine rings is 1. The quantitative estimate of drug-likeness (QED) is 0.836. The largest absolute Gasteiger partial charge is 0.383 e. The van der Waals surface area contributed by atoms with Crippen molar-refractivity contribution in [2.75, 3.05) is 12.8 Å². The third-order valence-electron chi connectivity index (χ3n) is 3.81. The summed E-state index contributed by atoms with van der Waals surface area (Å²) in [6, 6.07) is 1.38. The van der Waals surface area contributed by atoms with Crippen molar-refractivity contribution in [2.45, 2.75) is 44.6 Å². The maximum atomic E-state index is 13.2. The monoisotopic (exact) mass is 265 g/mol. The molecule has 19 heavy (non-hydrogen) atoms. The Hall–Kier alpha value is -1.65. The Bertz CT molecular complexity index is 456. The summed E-state index contributed by atoms with van der Waals surface area (Å²) < 4.78 is 13.2. The second-order valence-electron chi connectivity index (χ2n) is 5.15. The van der Waals surface area contributed by atoms with Crippen LogP contribution in [0.25, 0.3) is 0 Å². The van der Waals surface area contributed by atoms with E-state index in [1.54, 1.807) is 11.9 Å². The fourth-order valence-electron chi connectivity index (χ4n) is 2.62. The molecule has 104 valence electrons. The molecule has 1 aromatic rings. The van der Waals surface area contributed by atoms with Crippen LogP contribution in [-0.4, -0.2) is 28.9 Å². The summed E-state index contributed by atoms with van der Waals surface area (Å²) in [6.07, 6.45) is 7.76. The molecule has 1 heterocycles. The molecule has 0 atom stereocenters. The Kier molecular flexibility index (Phi) is 4.35. The van der Waals surface area contributed by atoms with E-state index in [0.717, 1.165) is 37.9 Å². The summed E-state index contributed by atoms with van der Waals surface area (Å²) >= 11 is 0. The van der Waals surface area contributed by atoms with Crippen LogP contribution in [0.3, 0.4) is 0 Å². The zero-order valence-electron chi connectivity index (χ0n) is 11.2. The van der Waals surface area contributed by atoms with E-state index in [-0.39, 0.29) is 23.3 Å². The molecule has 5 heteroatoms. The maximum absolute atomic E-state index is 13.2. The first-order chi connectivity index (χ1) is 9.09. The fraction of sp³-hybridized carbons (Fsp3) is 0.571. The smallest absolute Gasteiger partial charge is 0.257 e. The highest BCUT2D eigenvalue weighted by molar-refractivity contribution is 5.98. The highest BCUT2D eigenvalue weighted by atomic mass is 19.1. The molecule has 4 nitrogen and oxygen atoms in total. The molecule has 0 radical (unpaired) electrons. The molecular formula is C14H20FN3O. The summed E-state index contributed by atoms with van der Waals surface area (Å²) in [5.74, 6) is -0.685. The molecule has 2 rings (SSSR count). The molecule has 1 aliphatic rings. The van der Waals surface area contributed by atoms with E-state index in [4.69, 9.17) is 5.73 Å². The number of amides is 1. The topological polar surface area (TPSA) is 59.2 Å². The molecule has 1 amide bonds. The molecule has 0 aliphatic heterocycles. The second kappa shape index (κ2) is 5.99. The van der Waals surface area contributed by atoms with Gasteiger partial charge in [0.25, 0.3) is 5.91 Å². The number of carbonyl (C=O) groups excluding carboxylic acids is 1. The van der Waals surface area contributed by atoms with Crippen molar-refractivity contribution in [3.8, 4) is 0 Å². The van der Waals surface area contributed by atoms with Crippen molar-refractivity contribution in [3.05, 3.63) is 23.6 Å². The average Bonchev–Trinajstić information content (AvgIpc) is 2.69. The number of halogens is 1. The van der Waals surface area contributed by atoms with Gasteiger partial charge in [-0.3, -0.25) is 4.79 Å². The van der Waals surface area contributed by atoms with Crippen LogP contribution < -0.4 is 5.73 Å². The lowest BCUT2D eigenvalue weighted by Crippen LogP contribution is -2.37. The van der Waals surface area contributed by atoms with Gasteiger partial charge in [0.1, 0.15) is 11.6 Å². The van der Waals surface area contributed by atoms with Crippen molar-refractivity contribution in [3.63, 3.8) is 0 Å². The van der Waals surface area contributed by atoms with E-state index in [9.17, 15) is 9.18 Å². The predicted molar refractivity (Wildman–Crippen MR) is 72.2 cm³/mol. The van der Waals surface area contributed by atoms with Crippen LogP contribution in [0.15, 0.2) is 12.3 Å². The first-order valence-electron chi connectivity index (χ1n) is 6.78. The highest BCUT2D eigenvalue weighted by Crippen LogP contribution is 2.23. The first kappa shape index (κ1) is 13.8. The Morgan fingerprint density at radius 3 is 2.63 bits per heavy atom. The van der Waals surface area contributed by atoms with Gasteiger partial charge in [-0.25, -0.2) is 9.37 Å². The van der Waals surface area contributed by atoms with E-state index in [1.165, 1.54) is 12.8 Å². The van der Waals surface area contributed by atoms with Gasteiger partial charge in [-0.2, -0.15) is 0 Å². The lowest BCUT2D eigenvalue weighted by atomic mass is 10.1. The molecule has 0 bridgehead atoms. The molecule has 1 aliphatic carbocycles. The molecule has 0 aromatic carbocycles. The first-order valence-corrected chi connectivity index (χ1v) is 6.78. The van der Waals surface area contributed by atoms with Crippen molar-refractivity contribution >= 4 is 11.7 Å². The molecule has 1 fully saturated rings. The van der Waals surface area contributed by atoms with Crippen LogP contribution >= 0.6 is 0 Å². The standard InChI is InChI=1S/C14H20FN3O/c1-18(11-6-4-2-3-5-7-11)14(19)12-8-10(15)9-17-13(12)16/h8-9,11H,2-7H2,1H3,(H2,16,17). The highest BCUT2D eigenvalue weighted by Gasteiger charge is 2.24. The minimum atomic E-state index is -0.535. The number of carbonyl (C=O) groups is 1. The van der Waals surface area contributed by atoms with Crippen LogP contribution in [-0.2, 0) is 0 Å². The number of rotatable bonds is 2. The van der Waals surface area contributed by atoms with Gasteiger partial charge in [-0.05, 0) is 18.9 Å². The zero-order valence-corrected chi connectivity index (χ0v) is 11.2. The molecule has 0 spiro atoms. The Morgan fingerprint density at radius 1 is 1.37 bits per heavy atom. The number of nitrogen functional groups attached to an aromatic ring is 1. The Morgan fingerprint density at radius 2 is 2.00 bits per heavy atom. The van der Waals surface area contributed by atoms with E-state index in [0.29, 0.717) is 0 Å². The van der Waals surface area contributed by atoms with Gasteiger partial charge in [0.05, 0.1) is 11.8 Å². The Balaban J connectivity index is 2.15. The number of hydrogen-bond donors (Lipinski definition) is 1. The van der Waals surface area contributed by atoms with Crippen molar-refractivity contribution in [1.82, 2.24) is 9.88 Å². The van der Waals surface area contributed by atoms with E-state index < -0.39 is 5.82 Å². The van der Waals surface area contributed by atoms with Crippen molar-refractivity contribution < 1.29 is 9.18 Å². The van der Waals surface area contributed by atoms with Crippen LogP contribution in [0.5, 0.6) is 0 Å². The van der Waals surface area contributed by atoms with Gasteiger partial charge < -0.3 is 10.6 Å². The SMILES string of the molecule is CN(C(=O)c1cc(F)cnc1N)C1CCCCCC1. The summed E-state index contributed by atoms with van der Waals surface area (Å²) in [5.41, 5.74) is 5.82. The van der Waals surface area contributed by atoms with E-state index in [1.807, 2.05) is 0 Å². The summed E-state index contributed by atoms with van der Waals surface area (Å²) in [4.78, 5) is 17.8. The molecule has 1 saturated carbocycles. The van der Waals surface area contributed by atoms with Crippen LogP contribution in [0.4, 0.5) is 10.2 Å². The molecule has 1 aromatic heterocycles. The Labute approximate surface area is 112 Å². The van der Waals surface area contributed by atoms with Crippen LogP contribution in [0, 0.1) is 5.82 Å². The molecule has 0 unspecified atom stereocenters.